The van der Waals surface area contributed by atoms with Gasteiger partial charge < -0.3 is 0 Å². The molecule has 0 N–H and O–H groups in total. The molecule has 0 atom stereocenters. The summed E-state index contributed by atoms with van der Waals surface area (Å²) in [5.74, 6) is 0. The van der Waals surface area contributed by atoms with Crippen molar-refractivity contribution in [2.75, 3.05) is 0 Å². The fourth-order valence-electron chi connectivity index (χ4n) is 0. The Kier molecular flexibility index (Phi) is 126. The van der Waals surface area contributed by atoms with E-state index >= 15 is 0 Å². The molecular formula is H2EuF2Gd. The maximum absolute atomic E-state index is 0. The number of halogens is 2. The quantitative estimate of drug-likeness (QED) is 0.591. The molecule has 0 spiro atoms. The van der Waals surface area contributed by atoms with Crippen LogP contribution in [-0.2, 0) is 0 Å². The van der Waals surface area contributed by atoms with Gasteiger partial charge in [-0.3, -0.25) is 9.41 Å². The van der Waals surface area contributed by atoms with Gasteiger partial charge >= 0.3 is 0 Å². The van der Waals surface area contributed by atoms with Crippen LogP contribution in [0.25, 0.3) is 0 Å². The first-order chi connectivity index (χ1) is 0. The fraction of sp³-hybridized carbons (Fsp3) is 0. The number of rotatable bonds is 0. The molecule has 4 heteroatoms. The molecule has 0 bridgehead atoms. The minimum Gasteiger partial charge on any atom is -0.269 e. The third kappa shape index (κ3) is 8.84. The van der Waals surface area contributed by atoms with E-state index in [1.54, 1.807) is 0 Å². The average molecular weight is 349 g/mol. The fourth-order valence-corrected chi connectivity index (χ4v) is 0. The van der Waals surface area contributed by atoms with E-state index in [0.717, 1.165) is 0 Å². The zero-order chi connectivity index (χ0) is 0. The second-order valence-corrected chi connectivity index (χ2v) is 0. The molecule has 4 heavy (non-hydrogen) atoms. The normalized spacial score (nSPS) is 0. The summed E-state index contributed by atoms with van der Waals surface area (Å²) >= 11 is 0. The van der Waals surface area contributed by atoms with E-state index in [4.69, 9.17) is 0 Å². The van der Waals surface area contributed by atoms with E-state index in [-0.39, 0.29) is 98.7 Å². The third-order valence-corrected chi connectivity index (χ3v) is 0. The van der Waals surface area contributed by atoms with Gasteiger partial charge in [-0.2, -0.15) is 0 Å². The Bertz CT molecular complexity index is 6.00. The van der Waals surface area contributed by atoms with Gasteiger partial charge in [0, 0.05) is 89.3 Å². The van der Waals surface area contributed by atoms with Crippen LogP contribution in [0.3, 0.4) is 0 Å². The van der Waals surface area contributed by atoms with Gasteiger partial charge in [-0.15, -0.1) is 0 Å². The largest absolute Gasteiger partial charge is 0.269 e. The van der Waals surface area contributed by atoms with Crippen molar-refractivity contribution in [1.82, 2.24) is 0 Å². The monoisotopic (exact) mass is 351 g/mol. The molecule has 0 fully saturated rings. The Hall–Kier alpha value is 2.77. The topological polar surface area (TPSA) is 0 Å². The Morgan fingerprint density at radius 1 is 0.750 bits per heavy atom. The summed E-state index contributed by atoms with van der Waals surface area (Å²) in [6.07, 6.45) is 0. The van der Waals surface area contributed by atoms with E-state index in [1.165, 1.54) is 0 Å². The van der Waals surface area contributed by atoms with Crippen molar-refractivity contribution in [1.29, 1.82) is 0 Å². The van der Waals surface area contributed by atoms with E-state index in [1.807, 2.05) is 0 Å². The van der Waals surface area contributed by atoms with E-state index in [2.05, 4.69) is 0 Å². The SMILES string of the molecule is F.F.[Eu].[Gd]. The minimum atomic E-state index is 0. The predicted molar refractivity (Wildman–Crippen MR) is 5.01 cm³/mol. The molecular weight excluding hydrogens is 347 g/mol. The van der Waals surface area contributed by atoms with Crippen LogP contribution in [-0.4, -0.2) is 0 Å². The summed E-state index contributed by atoms with van der Waals surface area (Å²) in [7, 11) is 0. The van der Waals surface area contributed by atoms with Crippen LogP contribution in [0.5, 0.6) is 0 Å². The van der Waals surface area contributed by atoms with Gasteiger partial charge in [0.25, 0.3) is 0 Å². The molecule has 0 aromatic rings. The average Bonchev–Trinajstić information content (AvgIpc) is 0. The van der Waals surface area contributed by atoms with Crippen molar-refractivity contribution in [3.8, 4) is 0 Å². The summed E-state index contributed by atoms with van der Waals surface area (Å²) in [6.45, 7) is 0. The van der Waals surface area contributed by atoms with E-state index < -0.39 is 0 Å². The van der Waals surface area contributed by atoms with Crippen molar-refractivity contribution < 1.29 is 98.7 Å². The Labute approximate surface area is 96.1 Å². The molecule has 0 unspecified atom stereocenters. The van der Waals surface area contributed by atoms with Crippen LogP contribution in [0.2, 0.25) is 0 Å². The predicted octanol–water partition coefficient (Wildman–Crippen LogP) is 0.305. The van der Waals surface area contributed by atoms with Crippen LogP contribution < -0.4 is 0 Å². The van der Waals surface area contributed by atoms with Gasteiger partial charge in [-0.05, 0) is 0 Å². The second kappa shape index (κ2) is 17.1. The third-order valence-electron chi connectivity index (χ3n) is 0. The van der Waals surface area contributed by atoms with Crippen LogP contribution >= 0.6 is 0 Å². The molecule has 31 valence electrons. The standard InChI is InChI=1S/Eu.2FH.Gd/h;2*1H;. The van der Waals surface area contributed by atoms with Crippen molar-refractivity contribution in [3.63, 3.8) is 0 Å². The summed E-state index contributed by atoms with van der Waals surface area (Å²) in [6, 6.07) is 0. The van der Waals surface area contributed by atoms with Crippen LogP contribution in [0.15, 0.2) is 0 Å². The molecule has 0 aliphatic heterocycles. The van der Waals surface area contributed by atoms with Gasteiger partial charge in [-0.25, -0.2) is 0 Å². The second-order valence-electron chi connectivity index (χ2n) is 0. The Morgan fingerprint density at radius 2 is 0.750 bits per heavy atom. The Balaban J connectivity index is 0. The summed E-state index contributed by atoms with van der Waals surface area (Å²) in [4.78, 5) is 0. The van der Waals surface area contributed by atoms with Crippen molar-refractivity contribution in [2.45, 2.75) is 0 Å². The zero-order valence-electron chi connectivity index (χ0n) is 1.55. The summed E-state index contributed by atoms with van der Waals surface area (Å²) < 4.78 is 0. The molecule has 0 amide bonds. The van der Waals surface area contributed by atoms with Gasteiger partial charge in [0.05, 0.1) is 0 Å². The van der Waals surface area contributed by atoms with E-state index in [0.29, 0.717) is 0 Å². The minimum absolute atomic E-state index is 0. The maximum atomic E-state index is 0. The molecule has 0 rings (SSSR count). The maximum Gasteiger partial charge on any atom is 0 e. The Morgan fingerprint density at radius 3 is 0.750 bits per heavy atom. The molecule has 0 nitrogen and oxygen atoms in total. The van der Waals surface area contributed by atoms with Gasteiger partial charge in [0.1, 0.15) is 0 Å². The zero-order valence-corrected chi connectivity index (χ0v) is 6.24. The number of hydrogen-bond acceptors (Lipinski definition) is 0. The number of hydrogen-bond donors (Lipinski definition) is 0. The first-order valence-corrected chi connectivity index (χ1v) is 0. The van der Waals surface area contributed by atoms with Gasteiger partial charge in [0.15, 0.2) is 0 Å². The van der Waals surface area contributed by atoms with E-state index in [9.17, 15) is 0 Å². The first kappa shape index (κ1) is 29.4. The van der Waals surface area contributed by atoms with Crippen molar-refractivity contribution >= 4 is 0 Å². The molecule has 0 aromatic heterocycles. The molecule has 0 aliphatic rings. The molecule has 0 aliphatic carbocycles. The molecule has 0 saturated heterocycles. The van der Waals surface area contributed by atoms with Crippen LogP contribution in [0, 0.1) is 89.3 Å². The van der Waals surface area contributed by atoms with Gasteiger partial charge in [-0.1, -0.05) is 0 Å². The summed E-state index contributed by atoms with van der Waals surface area (Å²) in [5.41, 5.74) is 0. The molecule has 0 aromatic carbocycles. The molecule has 0 heterocycles. The van der Waals surface area contributed by atoms with Crippen LogP contribution in [0.1, 0.15) is 0 Å². The first-order valence-electron chi connectivity index (χ1n) is 0. The summed E-state index contributed by atoms with van der Waals surface area (Å²) in [5, 5.41) is 0. The van der Waals surface area contributed by atoms with Crippen molar-refractivity contribution in [3.05, 3.63) is 0 Å². The molecule has 1 radical (unpaired) electrons. The van der Waals surface area contributed by atoms with Crippen molar-refractivity contribution in [2.24, 2.45) is 0 Å². The van der Waals surface area contributed by atoms with Gasteiger partial charge in [0.2, 0.25) is 0 Å². The molecule has 0 saturated carbocycles. The van der Waals surface area contributed by atoms with Crippen LogP contribution in [0.4, 0.5) is 9.41 Å². The smallest absolute Gasteiger partial charge is 0 e.